The third-order valence-electron chi connectivity index (χ3n) is 3.07. The number of nitrogen functional groups attached to an aromatic ring is 1. The summed E-state index contributed by atoms with van der Waals surface area (Å²) in [6.45, 7) is 0. The normalized spacial score (nSPS) is 10.2. The van der Waals surface area contributed by atoms with Crippen LogP contribution in [-0.4, -0.2) is 41.2 Å². The van der Waals surface area contributed by atoms with Crippen LogP contribution in [0.25, 0.3) is 0 Å². The van der Waals surface area contributed by atoms with Gasteiger partial charge >= 0.3 is 139 Å². The van der Waals surface area contributed by atoms with Gasteiger partial charge in [-0.1, -0.05) is 0 Å². The summed E-state index contributed by atoms with van der Waals surface area (Å²) < 4.78 is 17.8. The topological polar surface area (TPSA) is 96.9 Å². The Morgan fingerprint density at radius 2 is 1.61 bits per heavy atom. The molecule has 0 aliphatic rings. The molecule has 2 aromatic carbocycles. The van der Waals surface area contributed by atoms with Gasteiger partial charge in [-0.3, -0.25) is 0 Å². The molecule has 0 amide bonds. The zero-order valence-corrected chi connectivity index (χ0v) is 14.6. The molecule has 0 saturated heterocycles. The van der Waals surface area contributed by atoms with Gasteiger partial charge in [-0.05, 0) is 0 Å². The molecule has 2 rings (SSSR count). The van der Waals surface area contributed by atoms with Gasteiger partial charge < -0.3 is 0 Å². The van der Waals surface area contributed by atoms with Gasteiger partial charge in [0, 0.05) is 0 Å². The van der Waals surface area contributed by atoms with Gasteiger partial charge in [0.1, 0.15) is 0 Å². The van der Waals surface area contributed by atoms with Crippen molar-refractivity contribution in [3.8, 4) is 17.2 Å². The molecule has 2 aromatic rings. The van der Waals surface area contributed by atoms with Crippen molar-refractivity contribution in [2.24, 2.45) is 0 Å². The van der Waals surface area contributed by atoms with Gasteiger partial charge in [0.15, 0.2) is 0 Å². The molecule has 0 radical (unpaired) electrons. The number of nitro benzene ring substituents is 1. The molecule has 7 nitrogen and oxygen atoms in total. The van der Waals surface area contributed by atoms with Crippen molar-refractivity contribution in [3.63, 3.8) is 0 Å². The fourth-order valence-corrected chi connectivity index (χ4v) is 3.96. The van der Waals surface area contributed by atoms with Gasteiger partial charge in [0.25, 0.3) is 0 Å². The molecule has 0 aromatic heterocycles. The first-order valence-corrected chi connectivity index (χ1v) is 8.23. The summed E-state index contributed by atoms with van der Waals surface area (Å²) in [5, 5.41) is 10.8. The van der Waals surface area contributed by atoms with Crippen molar-refractivity contribution in [2.75, 3.05) is 27.1 Å². The van der Waals surface area contributed by atoms with E-state index in [2.05, 4.69) is 0 Å². The summed E-state index contributed by atoms with van der Waals surface area (Å²) in [5.74, 6) is 1.66. The molecule has 0 bridgehead atoms. The number of hydrogen-bond acceptors (Lipinski definition) is 6. The van der Waals surface area contributed by atoms with Crippen molar-refractivity contribution < 1.29 is 19.1 Å². The Kier molecular flexibility index (Phi) is 5.31. The number of benzene rings is 2. The molecule has 0 heterocycles. The van der Waals surface area contributed by atoms with Gasteiger partial charge in [-0.2, -0.15) is 0 Å². The number of rotatable bonds is 6. The molecule has 0 aliphatic carbocycles. The first-order chi connectivity index (χ1) is 11.0. The number of nitrogens with zero attached hydrogens (tertiary/aromatic N) is 1. The van der Waals surface area contributed by atoms with E-state index in [0.717, 1.165) is 8.92 Å². The molecular weight excluding hydrogens is 367 g/mol. The first kappa shape index (κ1) is 16.9. The number of methoxy groups -OCH3 is 3. The van der Waals surface area contributed by atoms with Crippen LogP contribution in [0.3, 0.4) is 0 Å². The zero-order chi connectivity index (χ0) is 17.0. The van der Waals surface area contributed by atoms with Crippen LogP contribution in [0, 0.1) is 10.1 Å². The van der Waals surface area contributed by atoms with Crippen molar-refractivity contribution in [1.29, 1.82) is 0 Å². The Labute approximate surface area is 139 Å². The van der Waals surface area contributed by atoms with E-state index in [4.69, 9.17) is 19.9 Å². The number of anilines is 1. The van der Waals surface area contributed by atoms with Crippen LogP contribution >= 0.6 is 0 Å². The second-order valence-electron chi connectivity index (χ2n) is 4.44. The monoisotopic (exact) mass is 384 g/mol. The van der Waals surface area contributed by atoms with Gasteiger partial charge in [-0.15, -0.1) is 0 Å². The molecule has 122 valence electrons. The Balaban J connectivity index is 2.36. The summed E-state index contributed by atoms with van der Waals surface area (Å²) in [5.41, 5.74) is 5.80. The van der Waals surface area contributed by atoms with Crippen LogP contribution < -0.4 is 28.9 Å². The van der Waals surface area contributed by atoms with E-state index in [0.29, 0.717) is 17.2 Å². The molecule has 0 spiro atoms. The third kappa shape index (κ3) is 3.67. The fourth-order valence-electron chi connectivity index (χ4n) is 2.01. The Hall–Kier alpha value is -2.44. The van der Waals surface area contributed by atoms with E-state index in [1.165, 1.54) is 6.07 Å². The predicted molar refractivity (Wildman–Crippen MR) is 88.6 cm³/mol. The zero-order valence-electron chi connectivity index (χ0n) is 12.9. The van der Waals surface area contributed by atoms with Crippen LogP contribution in [0.2, 0.25) is 0 Å². The van der Waals surface area contributed by atoms with Crippen LogP contribution in [0.4, 0.5) is 11.4 Å². The fraction of sp³-hybridized carbons (Fsp3) is 0.200. The molecule has 0 aliphatic heterocycles. The van der Waals surface area contributed by atoms with Gasteiger partial charge in [0.05, 0.1) is 0 Å². The Bertz CT molecular complexity index is 711. The molecule has 0 atom stereocenters. The Morgan fingerprint density at radius 1 is 1.00 bits per heavy atom. The maximum atomic E-state index is 10.8. The van der Waals surface area contributed by atoms with E-state index in [9.17, 15) is 10.1 Å². The number of nitro groups is 1. The molecule has 23 heavy (non-hydrogen) atoms. The molecular formula is C15H16N2O5Se. The minimum atomic E-state index is -0.494. The summed E-state index contributed by atoms with van der Waals surface area (Å²) >= 11 is -0.115. The second-order valence-corrected chi connectivity index (χ2v) is 6.85. The van der Waals surface area contributed by atoms with E-state index < -0.39 is 4.92 Å². The van der Waals surface area contributed by atoms with Crippen LogP contribution in [0.1, 0.15) is 0 Å². The van der Waals surface area contributed by atoms with Gasteiger partial charge in [0.2, 0.25) is 0 Å². The molecule has 8 heteroatoms. The van der Waals surface area contributed by atoms with E-state index in [1.807, 2.05) is 12.1 Å². The summed E-state index contributed by atoms with van der Waals surface area (Å²) in [6, 6.07) is 8.47. The average molecular weight is 383 g/mol. The summed E-state index contributed by atoms with van der Waals surface area (Å²) in [7, 11) is 4.65. The maximum absolute atomic E-state index is 10.8. The molecule has 0 fully saturated rings. The van der Waals surface area contributed by atoms with Crippen molar-refractivity contribution >= 4 is 35.3 Å². The first-order valence-electron chi connectivity index (χ1n) is 6.52. The second kappa shape index (κ2) is 7.21. The quantitative estimate of drug-likeness (QED) is 0.344. The van der Waals surface area contributed by atoms with Crippen molar-refractivity contribution in [2.45, 2.75) is 0 Å². The number of nitrogens with two attached hydrogens (primary N) is 1. The summed E-state index contributed by atoms with van der Waals surface area (Å²) in [6.07, 6.45) is 0. The van der Waals surface area contributed by atoms with E-state index in [-0.39, 0.29) is 26.3 Å². The predicted octanol–water partition coefficient (Wildman–Crippen LogP) is 0.858. The van der Waals surface area contributed by atoms with Crippen molar-refractivity contribution in [3.05, 3.63) is 40.4 Å². The number of ether oxygens (including phenoxy) is 3. The Morgan fingerprint density at radius 3 is 2.04 bits per heavy atom. The SMILES string of the molecule is COc1cc([Se]c2ccc([N+](=O)[O-])c(N)c2)cc(OC)c1OC. The minimum absolute atomic E-state index is 0.0885. The van der Waals surface area contributed by atoms with Crippen LogP contribution in [0.5, 0.6) is 17.2 Å². The molecule has 0 saturated carbocycles. The average Bonchev–Trinajstić information content (AvgIpc) is 2.53. The van der Waals surface area contributed by atoms with E-state index >= 15 is 0 Å². The van der Waals surface area contributed by atoms with Crippen molar-refractivity contribution in [1.82, 2.24) is 0 Å². The summed E-state index contributed by atoms with van der Waals surface area (Å²) in [4.78, 5) is 10.3. The molecule has 0 unspecified atom stereocenters. The third-order valence-corrected chi connectivity index (χ3v) is 5.09. The molecule has 2 N–H and O–H groups in total. The number of hydrogen-bond donors (Lipinski definition) is 1. The standard InChI is InChI=1S/C15H16N2O5Se/c1-20-13-7-10(8-14(21-2)15(13)22-3)23-9-4-5-12(17(18)19)11(16)6-9/h4-8H,16H2,1-3H3. The van der Waals surface area contributed by atoms with E-state index in [1.54, 1.807) is 33.5 Å². The van der Waals surface area contributed by atoms with Crippen LogP contribution in [0.15, 0.2) is 30.3 Å². The van der Waals surface area contributed by atoms with Crippen LogP contribution in [-0.2, 0) is 0 Å². The van der Waals surface area contributed by atoms with Gasteiger partial charge in [-0.25, -0.2) is 0 Å².